The number of aromatic amines is 1. The summed E-state index contributed by atoms with van der Waals surface area (Å²) in [5, 5.41) is 11.2. The minimum Gasteiger partial charge on any atom is -0.463 e. The molecule has 1 aromatic carbocycles. The van der Waals surface area contributed by atoms with Crippen LogP contribution in [0.25, 0.3) is 22.0 Å². The SMILES string of the molecule is Cc1nc(-c2ccccc2Cl)sc1CNC(=O)c1cc(-c2ccco2)[nH]n1. The van der Waals surface area contributed by atoms with E-state index in [1.165, 1.54) is 11.3 Å². The Kier molecular flexibility index (Phi) is 4.79. The van der Waals surface area contributed by atoms with Gasteiger partial charge in [-0.25, -0.2) is 4.98 Å². The van der Waals surface area contributed by atoms with Gasteiger partial charge in [-0.1, -0.05) is 29.8 Å². The lowest BCUT2D eigenvalue weighted by atomic mass is 10.2. The zero-order valence-corrected chi connectivity index (χ0v) is 15.9. The van der Waals surface area contributed by atoms with Crippen LogP contribution in [0.15, 0.2) is 53.1 Å². The molecular formula is C19H15ClN4O2S. The molecule has 0 atom stereocenters. The van der Waals surface area contributed by atoms with E-state index in [9.17, 15) is 4.79 Å². The van der Waals surface area contributed by atoms with Gasteiger partial charge < -0.3 is 9.73 Å². The molecular weight excluding hydrogens is 384 g/mol. The Labute approximate surface area is 164 Å². The van der Waals surface area contributed by atoms with Crippen LogP contribution in [0.2, 0.25) is 5.02 Å². The molecule has 0 aliphatic heterocycles. The van der Waals surface area contributed by atoms with Crippen molar-refractivity contribution in [2.45, 2.75) is 13.5 Å². The highest BCUT2D eigenvalue weighted by Crippen LogP contribution is 2.32. The fourth-order valence-corrected chi connectivity index (χ4v) is 3.91. The Hall–Kier alpha value is -2.90. The van der Waals surface area contributed by atoms with E-state index < -0.39 is 0 Å². The van der Waals surface area contributed by atoms with Crippen molar-refractivity contribution in [1.29, 1.82) is 0 Å². The molecule has 0 saturated carbocycles. The summed E-state index contributed by atoms with van der Waals surface area (Å²) >= 11 is 7.76. The van der Waals surface area contributed by atoms with E-state index in [0.29, 0.717) is 28.7 Å². The van der Waals surface area contributed by atoms with Gasteiger partial charge in [0.2, 0.25) is 0 Å². The number of amides is 1. The first kappa shape index (κ1) is 17.5. The number of aryl methyl sites for hydroxylation is 1. The van der Waals surface area contributed by atoms with Crippen LogP contribution in [0.5, 0.6) is 0 Å². The smallest absolute Gasteiger partial charge is 0.272 e. The van der Waals surface area contributed by atoms with E-state index in [-0.39, 0.29) is 5.91 Å². The molecule has 0 bridgehead atoms. The minimum absolute atomic E-state index is 0.267. The van der Waals surface area contributed by atoms with E-state index in [2.05, 4.69) is 20.5 Å². The molecule has 3 aromatic heterocycles. The average Bonchev–Trinajstić information content (AvgIpc) is 3.40. The Bertz CT molecular complexity index is 1090. The molecule has 2 N–H and O–H groups in total. The van der Waals surface area contributed by atoms with Crippen LogP contribution in [0.4, 0.5) is 0 Å². The number of carbonyl (C=O) groups is 1. The van der Waals surface area contributed by atoms with Gasteiger partial charge in [0.15, 0.2) is 11.5 Å². The molecule has 0 spiro atoms. The molecule has 0 unspecified atom stereocenters. The first-order valence-corrected chi connectivity index (χ1v) is 9.40. The molecule has 27 heavy (non-hydrogen) atoms. The lowest BCUT2D eigenvalue weighted by Crippen LogP contribution is -2.23. The van der Waals surface area contributed by atoms with Crippen LogP contribution in [0, 0.1) is 6.92 Å². The summed E-state index contributed by atoms with van der Waals surface area (Å²) in [6, 6.07) is 12.8. The molecule has 4 rings (SSSR count). The summed E-state index contributed by atoms with van der Waals surface area (Å²) in [5.74, 6) is 0.361. The third kappa shape index (κ3) is 3.65. The molecule has 0 saturated heterocycles. The van der Waals surface area contributed by atoms with Crippen LogP contribution in [-0.2, 0) is 6.54 Å². The van der Waals surface area contributed by atoms with Crippen LogP contribution < -0.4 is 5.32 Å². The number of nitrogens with zero attached hydrogens (tertiary/aromatic N) is 2. The topological polar surface area (TPSA) is 83.8 Å². The quantitative estimate of drug-likeness (QED) is 0.511. The lowest BCUT2D eigenvalue weighted by molar-refractivity contribution is 0.0946. The van der Waals surface area contributed by atoms with Gasteiger partial charge in [0.25, 0.3) is 5.91 Å². The highest BCUT2D eigenvalue weighted by atomic mass is 35.5. The van der Waals surface area contributed by atoms with E-state index in [1.54, 1.807) is 24.5 Å². The molecule has 0 aliphatic rings. The third-order valence-electron chi connectivity index (χ3n) is 4.00. The molecule has 8 heteroatoms. The summed E-state index contributed by atoms with van der Waals surface area (Å²) in [5.41, 5.74) is 2.71. The second-order valence-electron chi connectivity index (χ2n) is 5.83. The molecule has 0 fully saturated rings. The van der Waals surface area contributed by atoms with Gasteiger partial charge in [-0.05, 0) is 25.1 Å². The number of aromatic nitrogens is 3. The van der Waals surface area contributed by atoms with Gasteiger partial charge in [0.1, 0.15) is 10.7 Å². The summed E-state index contributed by atoms with van der Waals surface area (Å²) < 4.78 is 5.29. The van der Waals surface area contributed by atoms with Crippen molar-refractivity contribution in [3.63, 3.8) is 0 Å². The average molecular weight is 399 g/mol. The summed E-state index contributed by atoms with van der Waals surface area (Å²) in [6.07, 6.45) is 1.57. The van der Waals surface area contributed by atoms with Gasteiger partial charge in [0.05, 0.1) is 23.5 Å². The molecule has 136 valence electrons. The molecule has 3 heterocycles. The second-order valence-corrected chi connectivity index (χ2v) is 7.33. The maximum atomic E-state index is 12.4. The summed E-state index contributed by atoms with van der Waals surface area (Å²) in [4.78, 5) is 17.9. The van der Waals surface area contributed by atoms with Crippen LogP contribution in [0.3, 0.4) is 0 Å². The van der Waals surface area contributed by atoms with E-state index in [4.69, 9.17) is 16.0 Å². The van der Waals surface area contributed by atoms with Crippen LogP contribution >= 0.6 is 22.9 Å². The Morgan fingerprint density at radius 3 is 2.93 bits per heavy atom. The maximum absolute atomic E-state index is 12.4. The van der Waals surface area contributed by atoms with Crippen molar-refractivity contribution in [2.75, 3.05) is 0 Å². The number of hydrogen-bond acceptors (Lipinski definition) is 5. The van der Waals surface area contributed by atoms with E-state index in [0.717, 1.165) is 21.1 Å². The monoisotopic (exact) mass is 398 g/mol. The highest BCUT2D eigenvalue weighted by molar-refractivity contribution is 7.15. The van der Waals surface area contributed by atoms with Crippen molar-refractivity contribution in [3.8, 4) is 22.0 Å². The van der Waals surface area contributed by atoms with Crippen molar-refractivity contribution in [2.24, 2.45) is 0 Å². The first-order chi connectivity index (χ1) is 13.1. The number of hydrogen-bond donors (Lipinski definition) is 2. The predicted octanol–water partition coefficient (Wildman–Crippen LogP) is 4.69. The van der Waals surface area contributed by atoms with Gasteiger partial charge >= 0.3 is 0 Å². The molecule has 1 amide bonds. The number of furan rings is 1. The Balaban J connectivity index is 1.46. The second kappa shape index (κ2) is 7.38. The van der Waals surface area contributed by atoms with Crippen LogP contribution in [0.1, 0.15) is 21.1 Å². The normalized spacial score (nSPS) is 10.9. The fourth-order valence-electron chi connectivity index (χ4n) is 2.59. The third-order valence-corrected chi connectivity index (χ3v) is 5.52. The predicted molar refractivity (Wildman–Crippen MR) is 105 cm³/mol. The number of carbonyl (C=O) groups excluding carboxylic acids is 1. The summed E-state index contributed by atoms with van der Waals surface area (Å²) in [6.45, 7) is 2.29. The molecule has 0 radical (unpaired) electrons. The minimum atomic E-state index is -0.267. The zero-order chi connectivity index (χ0) is 18.8. The number of benzene rings is 1. The van der Waals surface area contributed by atoms with E-state index in [1.807, 2.05) is 31.2 Å². The van der Waals surface area contributed by atoms with Crippen molar-refractivity contribution in [1.82, 2.24) is 20.5 Å². The standard InChI is InChI=1S/C19H15ClN4O2S/c1-11-17(27-19(22-11)12-5-2-3-6-13(12)20)10-21-18(25)15-9-14(23-24-15)16-7-4-8-26-16/h2-9H,10H2,1H3,(H,21,25)(H,23,24). The fraction of sp³-hybridized carbons (Fsp3) is 0.105. The highest BCUT2D eigenvalue weighted by Gasteiger charge is 2.15. The number of nitrogens with one attached hydrogen (secondary N) is 2. The van der Waals surface area contributed by atoms with Gasteiger partial charge in [-0.15, -0.1) is 11.3 Å². The van der Waals surface area contributed by atoms with Gasteiger partial charge in [-0.2, -0.15) is 5.10 Å². The van der Waals surface area contributed by atoms with Crippen LogP contribution in [-0.4, -0.2) is 21.1 Å². The number of rotatable bonds is 5. The van der Waals surface area contributed by atoms with Gasteiger partial charge in [-0.3, -0.25) is 9.89 Å². The van der Waals surface area contributed by atoms with Crippen molar-refractivity contribution >= 4 is 28.8 Å². The molecule has 6 nitrogen and oxygen atoms in total. The van der Waals surface area contributed by atoms with E-state index >= 15 is 0 Å². The largest absolute Gasteiger partial charge is 0.463 e. The lowest BCUT2D eigenvalue weighted by Gasteiger charge is -2.01. The number of thiazole rings is 1. The van der Waals surface area contributed by atoms with Gasteiger partial charge in [0, 0.05) is 16.5 Å². The molecule has 4 aromatic rings. The Morgan fingerprint density at radius 1 is 1.30 bits per heavy atom. The number of halogens is 1. The molecule has 0 aliphatic carbocycles. The number of H-pyrrole nitrogens is 1. The first-order valence-electron chi connectivity index (χ1n) is 8.20. The maximum Gasteiger partial charge on any atom is 0.272 e. The van der Waals surface area contributed by atoms with Crippen molar-refractivity contribution in [3.05, 3.63) is 70.0 Å². The summed E-state index contributed by atoms with van der Waals surface area (Å²) in [7, 11) is 0. The zero-order valence-electron chi connectivity index (χ0n) is 14.3. The van der Waals surface area contributed by atoms with Crippen molar-refractivity contribution < 1.29 is 9.21 Å². The Morgan fingerprint density at radius 2 is 2.15 bits per heavy atom.